The number of amides is 2. The summed E-state index contributed by atoms with van der Waals surface area (Å²) in [6.45, 7) is 4.66. The number of rotatable bonds is 3. The van der Waals surface area contributed by atoms with Crippen LogP contribution in [0.5, 0.6) is 0 Å². The summed E-state index contributed by atoms with van der Waals surface area (Å²) in [5.41, 5.74) is 2.09. The maximum atomic E-state index is 12.5. The van der Waals surface area contributed by atoms with Crippen molar-refractivity contribution < 1.29 is 9.59 Å². The minimum atomic E-state index is 0.0594. The molecule has 2 aromatic carbocycles. The summed E-state index contributed by atoms with van der Waals surface area (Å²) >= 11 is 0. The molecule has 0 saturated carbocycles. The molecule has 136 valence electrons. The lowest BCUT2D eigenvalue weighted by atomic mass is 9.94. The van der Waals surface area contributed by atoms with Crippen molar-refractivity contribution in [2.75, 3.05) is 39.3 Å². The van der Waals surface area contributed by atoms with Gasteiger partial charge in [-0.25, -0.2) is 0 Å². The maximum absolute atomic E-state index is 12.5. The second kappa shape index (κ2) is 7.57. The van der Waals surface area contributed by atoms with Gasteiger partial charge in [-0.1, -0.05) is 47.9 Å². The Morgan fingerprint density at radius 1 is 0.741 bits per heavy atom. The fourth-order valence-electron chi connectivity index (χ4n) is 3.71. The van der Waals surface area contributed by atoms with E-state index in [0.29, 0.717) is 17.1 Å². The quantitative estimate of drug-likeness (QED) is 0.761. The van der Waals surface area contributed by atoms with Crippen molar-refractivity contribution in [1.82, 2.24) is 14.7 Å². The van der Waals surface area contributed by atoms with Crippen LogP contribution in [-0.4, -0.2) is 79.7 Å². The van der Waals surface area contributed by atoms with E-state index in [-0.39, 0.29) is 11.8 Å². The fourth-order valence-corrected chi connectivity index (χ4v) is 3.71. The SMILES string of the molecule is [B]c1ccc(C(=O)N2CC(N3CCN(C(=O)c4ccccc4)CC3)C2)cc1. The molecule has 2 saturated heterocycles. The molecule has 0 N–H and O–H groups in total. The van der Waals surface area contributed by atoms with Crippen LogP contribution in [0, 0.1) is 0 Å². The molecule has 2 aromatic rings. The monoisotopic (exact) mass is 359 g/mol. The molecule has 0 atom stereocenters. The lowest BCUT2D eigenvalue weighted by Crippen LogP contribution is -2.64. The van der Waals surface area contributed by atoms with Crippen LogP contribution >= 0.6 is 0 Å². The molecule has 6 heteroatoms. The van der Waals surface area contributed by atoms with Gasteiger partial charge in [0.05, 0.1) is 0 Å². The molecule has 27 heavy (non-hydrogen) atoms. The van der Waals surface area contributed by atoms with Crippen LogP contribution in [0.2, 0.25) is 0 Å². The molecular weight excluding hydrogens is 337 g/mol. The van der Waals surface area contributed by atoms with Crippen LogP contribution in [0.3, 0.4) is 0 Å². The Bertz CT molecular complexity index is 811. The molecule has 2 heterocycles. The Kier molecular flexibility index (Phi) is 4.99. The summed E-state index contributed by atoms with van der Waals surface area (Å²) in [5.74, 6) is 0.160. The highest BCUT2D eigenvalue weighted by Crippen LogP contribution is 2.20. The molecular formula is C21H22BN3O2. The molecule has 2 amide bonds. The van der Waals surface area contributed by atoms with E-state index in [1.54, 1.807) is 24.3 Å². The zero-order chi connectivity index (χ0) is 18.8. The van der Waals surface area contributed by atoms with Gasteiger partial charge in [-0.05, 0) is 12.1 Å². The lowest BCUT2D eigenvalue weighted by Gasteiger charge is -2.48. The summed E-state index contributed by atoms with van der Waals surface area (Å²) in [6, 6.07) is 16.9. The molecule has 0 unspecified atom stereocenters. The van der Waals surface area contributed by atoms with E-state index in [4.69, 9.17) is 7.85 Å². The molecule has 5 nitrogen and oxygen atoms in total. The van der Waals surface area contributed by atoms with E-state index in [1.165, 1.54) is 0 Å². The van der Waals surface area contributed by atoms with Crippen LogP contribution in [0.15, 0.2) is 54.6 Å². The van der Waals surface area contributed by atoms with Crippen molar-refractivity contribution in [1.29, 1.82) is 0 Å². The van der Waals surface area contributed by atoms with E-state index in [1.807, 2.05) is 40.1 Å². The highest BCUT2D eigenvalue weighted by Gasteiger charge is 2.36. The average Bonchev–Trinajstić information content (AvgIpc) is 2.68. The Balaban J connectivity index is 1.26. The first-order chi connectivity index (χ1) is 13.1. The maximum Gasteiger partial charge on any atom is 0.253 e. The van der Waals surface area contributed by atoms with Crippen LogP contribution in [0.25, 0.3) is 0 Å². The van der Waals surface area contributed by atoms with Crippen LogP contribution in [0.4, 0.5) is 0 Å². The second-order valence-corrected chi connectivity index (χ2v) is 7.18. The number of benzene rings is 2. The molecule has 0 aromatic heterocycles. The number of carbonyl (C=O) groups excluding carboxylic acids is 2. The van der Waals surface area contributed by atoms with Crippen molar-refractivity contribution in [2.24, 2.45) is 0 Å². The Labute approximate surface area is 161 Å². The van der Waals surface area contributed by atoms with Crippen LogP contribution in [-0.2, 0) is 0 Å². The zero-order valence-corrected chi connectivity index (χ0v) is 15.3. The summed E-state index contributed by atoms with van der Waals surface area (Å²) < 4.78 is 0. The number of likely N-dealkylation sites (tertiary alicyclic amines) is 1. The number of piperazine rings is 1. The molecule has 2 fully saturated rings. The number of hydrogen-bond donors (Lipinski definition) is 0. The van der Waals surface area contributed by atoms with Crippen molar-refractivity contribution in [3.63, 3.8) is 0 Å². The van der Waals surface area contributed by atoms with Gasteiger partial charge in [-0.2, -0.15) is 0 Å². The highest BCUT2D eigenvalue weighted by molar-refractivity contribution is 6.32. The van der Waals surface area contributed by atoms with Crippen molar-refractivity contribution in [3.05, 3.63) is 65.7 Å². The third kappa shape index (κ3) is 3.76. The average molecular weight is 359 g/mol. The highest BCUT2D eigenvalue weighted by atomic mass is 16.2. The first-order valence-corrected chi connectivity index (χ1v) is 9.35. The summed E-state index contributed by atoms with van der Waals surface area (Å²) in [6.07, 6.45) is 0. The molecule has 2 radical (unpaired) electrons. The lowest BCUT2D eigenvalue weighted by molar-refractivity contribution is 0.00854. The second-order valence-electron chi connectivity index (χ2n) is 7.18. The van der Waals surface area contributed by atoms with E-state index in [2.05, 4.69) is 4.90 Å². The Morgan fingerprint density at radius 3 is 1.93 bits per heavy atom. The van der Waals surface area contributed by atoms with Gasteiger partial charge < -0.3 is 9.80 Å². The standard InChI is InChI=1S/C21H22BN3O2/c22-18-8-6-17(7-9-18)21(27)25-14-19(15-25)23-10-12-24(13-11-23)20(26)16-4-2-1-3-5-16/h1-9,19H,10-15H2. The number of nitrogens with zero attached hydrogens (tertiary/aromatic N) is 3. The van der Waals surface area contributed by atoms with E-state index >= 15 is 0 Å². The number of carbonyl (C=O) groups is 2. The first kappa shape index (κ1) is 17.8. The van der Waals surface area contributed by atoms with Gasteiger partial charge in [-0.15, -0.1) is 0 Å². The summed E-state index contributed by atoms with van der Waals surface area (Å²) in [7, 11) is 5.68. The summed E-state index contributed by atoms with van der Waals surface area (Å²) in [4.78, 5) is 31.2. The minimum absolute atomic E-state index is 0.0594. The van der Waals surface area contributed by atoms with Crippen LogP contribution < -0.4 is 5.46 Å². The number of hydrogen-bond acceptors (Lipinski definition) is 3. The van der Waals surface area contributed by atoms with Crippen molar-refractivity contribution in [3.8, 4) is 0 Å². The molecule has 2 aliphatic rings. The molecule has 0 bridgehead atoms. The smallest absolute Gasteiger partial charge is 0.253 e. The van der Waals surface area contributed by atoms with E-state index < -0.39 is 0 Å². The Morgan fingerprint density at radius 2 is 1.30 bits per heavy atom. The molecule has 2 aliphatic heterocycles. The van der Waals surface area contributed by atoms with Gasteiger partial charge in [0.2, 0.25) is 0 Å². The Hall–Kier alpha value is -2.60. The predicted octanol–water partition coefficient (Wildman–Crippen LogP) is 0.763. The molecule has 0 aliphatic carbocycles. The first-order valence-electron chi connectivity index (χ1n) is 9.35. The van der Waals surface area contributed by atoms with Crippen LogP contribution in [0.1, 0.15) is 20.7 Å². The van der Waals surface area contributed by atoms with Crippen molar-refractivity contribution >= 4 is 25.1 Å². The summed E-state index contributed by atoms with van der Waals surface area (Å²) in [5, 5.41) is 0. The topological polar surface area (TPSA) is 43.9 Å². The molecule has 4 rings (SSSR count). The van der Waals surface area contributed by atoms with Gasteiger partial charge in [0.1, 0.15) is 7.85 Å². The van der Waals surface area contributed by atoms with Gasteiger partial charge in [0, 0.05) is 56.4 Å². The van der Waals surface area contributed by atoms with E-state index in [0.717, 1.165) is 44.8 Å². The van der Waals surface area contributed by atoms with Gasteiger partial charge >= 0.3 is 0 Å². The normalized spacial score (nSPS) is 18.2. The van der Waals surface area contributed by atoms with Gasteiger partial charge in [-0.3, -0.25) is 14.5 Å². The molecule has 0 spiro atoms. The zero-order valence-electron chi connectivity index (χ0n) is 15.3. The third-order valence-electron chi connectivity index (χ3n) is 5.45. The van der Waals surface area contributed by atoms with E-state index in [9.17, 15) is 9.59 Å². The van der Waals surface area contributed by atoms with Crippen molar-refractivity contribution in [2.45, 2.75) is 6.04 Å². The fraction of sp³-hybridized carbons (Fsp3) is 0.333. The predicted molar refractivity (Wildman–Crippen MR) is 105 cm³/mol. The van der Waals surface area contributed by atoms with Gasteiger partial charge in [0.15, 0.2) is 0 Å². The third-order valence-corrected chi connectivity index (χ3v) is 5.45. The van der Waals surface area contributed by atoms with Gasteiger partial charge in [0.25, 0.3) is 11.8 Å². The largest absolute Gasteiger partial charge is 0.336 e. The minimum Gasteiger partial charge on any atom is -0.336 e.